The first kappa shape index (κ1) is 16.2. The highest BCUT2D eigenvalue weighted by Crippen LogP contribution is 2.26. The Morgan fingerprint density at radius 2 is 2.05 bits per heavy atom. The first-order valence-electron chi connectivity index (χ1n) is 6.72. The molecule has 0 unspecified atom stereocenters. The monoisotopic (exact) mass is 372 g/mol. The third-order valence-electron chi connectivity index (χ3n) is 3.37. The number of carboxylic acids is 1. The van der Waals surface area contributed by atoms with Gasteiger partial charge in [0.1, 0.15) is 0 Å². The highest BCUT2D eigenvalue weighted by molar-refractivity contribution is 9.10. The molecule has 1 aliphatic heterocycles. The Morgan fingerprint density at radius 3 is 2.71 bits per heavy atom. The first-order valence-corrected chi connectivity index (χ1v) is 8.67. The fourth-order valence-corrected chi connectivity index (χ4v) is 3.84. The van der Waals surface area contributed by atoms with Gasteiger partial charge in [-0.05, 0) is 58.3 Å². The van der Waals surface area contributed by atoms with Gasteiger partial charge in [-0.2, -0.15) is 11.8 Å². The van der Waals surface area contributed by atoms with Crippen molar-refractivity contribution < 1.29 is 14.7 Å². The number of urea groups is 1. The van der Waals surface area contributed by atoms with E-state index in [1.54, 1.807) is 12.1 Å². The predicted octanol–water partition coefficient (Wildman–Crippen LogP) is 3.41. The van der Waals surface area contributed by atoms with Crippen LogP contribution in [0.4, 0.5) is 10.5 Å². The minimum atomic E-state index is -1.07. The van der Waals surface area contributed by atoms with Crippen molar-refractivity contribution in [1.29, 1.82) is 0 Å². The van der Waals surface area contributed by atoms with Crippen LogP contribution in [0.3, 0.4) is 0 Å². The van der Waals surface area contributed by atoms with Gasteiger partial charge in [-0.1, -0.05) is 6.07 Å². The summed E-state index contributed by atoms with van der Waals surface area (Å²) in [7, 11) is 0. The van der Waals surface area contributed by atoms with Gasteiger partial charge >= 0.3 is 12.0 Å². The molecule has 0 atom stereocenters. The number of aromatic carboxylic acids is 1. The molecule has 114 valence electrons. The molecule has 1 aromatic rings. The number of amides is 2. The molecule has 2 amide bonds. The molecular weight excluding hydrogens is 356 g/mol. The van der Waals surface area contributed by atoms with Gasteiger partial charge in [-0.25, -0.2) is 9.59 Å². The summed E-state index contributed by atoms with van der Waals surface area (Å²) in [6, 6.07) is 4.40. The number of carbonyl (C=O) groups excluding carboxylic acids is 1. The number of carbonyl (C=O) groups is 2. The number of rotatable bonds is 4. The average Bonchev–Trinajstić information content (AvgIpc) is 2.48. The van der Waals surface area contributed by atoms with Gasteiger partial charge in [-0.15, -0.1) is 0 Å². The summed E-state index contributed by atoms with van der Waals surface area (Å²) in [4.78, 5) is 23.1. The third kappa shape index (κ3) is 4.64. The van der Waals surface area contributed by atoms with Crippen molar-refractivity contribution in [1.82, 2.24) is 5.32 Å². The second kappa shape index (κ2) is 7.70. The maximum Gasteiger partial charge on any atom is 0.337 e. The normalized spacial score (nSPS) is 15.5. The van der Waals surface area contributed by atoms with Gasteiger partial charge in [0.25, 0.3) is 0 Å². The molecule has 0 saturated carbocycles. The van der Waals surface area contributed by atoms with Crippen LogP contribution in [-0.4, -0.2) is 35.2 Å². The number of carboxylic acid groups (broad SMARTS) is 1. The number of benzene rings is 1. The summed E-state index contributed by atoms with van der Waals surface area (Å²) >= 11 is 5.21. The summed E-state index contributed by atoms with van der Waals surface area (Å²) in [5.41, 5.74) is 0.343. The van der Waals surface area contributed by atoms with E-state index >= 15 is 0 Å². The molecule has 2 rings (SSSR count). The van der Waals surface area contributed by atoms with Gasteiger partial charge in [0.05, 0.1) is 11.3 Å². The molecule has 1 fully saturated rings. The van der Waals surface area contributed by atoms with E-state index in [9.17, 15) is 9.59 Å². The van der Waals surface area contributed by atoms with Crippen LogP contribution in [0, 0.1) is 5.92 Å². The lowest BCUT2D eigenvalue weighted by Crippen LogP contribution is -2.34. The van der Waals surface area contributed by atoms with E-state index in [4.69, 9.17) is 5.11 Å². The van der Waals surface area contributed by atoms with E-state index in [1.807, 2.05) is 11.8 Å². The Kier molecular flexibility index (Phi) is 5.93. The van der Waals surface area contributed by atoms with Gasteiger partial charge in [-0.3, -0.25) is 0 Å². The predicted molar refractivity (Wildman–Crippen MR) is 88.2 cm³/mol. The summed E-state index contributed by atoms with van der Waals surface area (Å²) in [5.74, 6) is 1.72. The molecule has 5 nitrogen and oxygen atoms in total. The maximum absolute atomic E-state index is 11.9. The molecule has 0 aromatic heterocycles. The molecular formula is C14H17BrN2O3S. The molecule has 1 heterocycles. The zero-order valence-corrected chi connectivity index (χ0v) is 13.8. The lowest BCUT2D eigenvalue weighted by molar-refractivity contribution is 0.0698. The van der Waals surface area contributed by atoms with E-state index in [2.05, 4.69) is 26.6 Å². The van der Waals surface area contributed by atoms with Gasteiger partial charge in [0.15, 0.2) is 0 Å². The topological polar surface area (TPSA) is 78.4 Å². The van der Waals surface area contributed by atoms with Crippen LogP contribution in [-0.2, 0) is 0 Å². The van der Waals surface area contributed by atoms with E-state index < -0.39 is 5.97 Å². The second-order valence-corrected chi connectivity index (χ2v) is 6.94. The molecule has 21 heavy (non-hydrogen) atoms. The molecule has 1 saturated heterocycles. The Morgan fingerprint density at radius 1 is 1.33 bits per heavy atom. The third-order valence-corrected chi connectivity index (χ3v) is 5.08. The molecule has 0 aliphatic carbocycles. The fraction of sp³-hybridized carbons (Fsp3) is 0.429. The van der Waals surface area contributed by atoms with Crippen molar-refractivity contribution in [3.63, 3.8) is 0 Å². The van der Waals surface area contributed by atoms with E-state index in [0.29, 0.717) is 16.9 Å². The van der Waals surface area contributed by atoms with Crippen molar-refractivity contribution in [3.8, 4) is 0 Å². The minimum absolute atomic E-state index is 0.0635. The number of hydrogen-bond acceptors (Lipinski definition) is 3. The summed E-state index contributed by atoms with van der Waals surface area (Å²) in [6.07, 6.45) is 2.22. The highest BCUT2D eigenvalue weighted by atomic mass is 79.9. The number of halogens is 1. The molecule has 0 bridgehead atoms. The van der Waals surface area contributed by atoms with E-state index in [-0.39, 0.29) is 17.3 Å². The molecule has 3 N–H and O–H groups in total. The largest absolute Gasteiger partial charge is 0.478 e. The van der Waals surface area contributed by atoms with Crippen LogP contribution in [0.5, 0.6) is 0 Å². The smallest absolute Gasteiger partial charge is 0.337 e. The number of nitrogens with one attached hydrogen (secondary N) is 2. The van der Waals surface area contributed by atoms with Crippen LogP contribution in [0.25, 0.3) is 0 Å². The van der Waals surface area contributed by atoms with Crippen molar-refractivity contribution in [2.24, 2.45) is 5.92 Å². The van der Waals surface area contributed by atoms with Crippen LogP contribution in [0.2, 0.25) is 0 Å². The molecule has 1 aromatic carbocycles. The Balaban J connectivity index is 1.94. The van der Waals surface area contributed by atoms with Gasteiger partial charge in [0.2, 0.25) is 0 Å². The fourth-order valence-electron chi connectivity index (χ4n) is 2.17. The second-order valence-electron chi connectivity index (χ2n) is 4.86. The molecule has 0 spiro atoms. The van der Waals surface area contributed by atoms with Crippen molar-refractivity contribution >= 4 is 45.4 Å². The van der Waals surface area contributed by atoms with Crippen LogP contribution in [0.1, 0.15) is 23.2 Å². The SMILES string of the molecule is O=C(NCC1CCSCC1)Nc1c(Br)cccc1C(=O)O. The lowest BCUT2D eigenvalue weighted by atomic mass is 10.0. The number of hydrogen-bond donors (Lipinski definition) is 3. The van der Waals surface area contributed by atoms with Crippen LogP contribution >= 0.6 is 27.7 Å². The Bertz CT molecular complexity index is 533. The van der Waals surface area contributed by atoms with Crippen LogP contribution < -0.4 is 10.6 Å². The number of thioether (sulfide) groups is 1. The first-order chi connectivity index (χ1) is 10.1. The summed E-state index contributed by atoms with van der Waals surface area (Å²) in [6.45, 7) is 0.624. The summed E-state index contributed by atoms with van der Waals surface area (Å²) < 4.78 is 0.548. The van der Waals surface area contributed by atoms with E-state index in [1.165, 1.54) is 6.07 Å². The Hall–Kier alpha value is -1.21. The lowest BCUT2D eigenvalue weighted by Gasteiger charge is -2.21. The highest BCUT2D eigenvalue weighted by Gasteiger charge is 2.17. The van der Waals surface area contributed by atoms with Gasteiger partial charge < -0.3 is 15.7 Å². The van der Waals surface area contributed by atoms with Crippen molar-refractivity contribution in [3.05, 3.63) is 28.2 Å². The van der Waals surface area contributed by atoms with Gasteiger partial charge in [0, 0.05) is 11.0 Å². The molecule has 0 radical (unpaired) electrons. The van der Waals surface area contributed by atoms with Crippen molar-refractivity contribution in [2.45, 2.75) is 12.8 Å². The zero-order valence-electron chi connectivity index (χ0n) is 11.4. The standard InChI is InChI=1S/C14H17BrN2O3S/c15-11-3-1-2-10(13(18)19)12(11)17-14(20)16-8-9-4-6-21-7-5-9/h1-3,9H,4-8H2,(H,18,19)(H2,16,17,20). The Labute approximate surface area is 136 Å². The average molecular weight is 373 g/mol. The minimum Gasteiger partial charge on any atom is -0.478 e. The quantitative estimate of drug-likeness (QED) is 0.756. The van der Waals surface area contributed by atoms with E-state index in [0.717, 1.165) is 24.3 Å². The maximum atomic E-state index is 11.9. The zero-order chi connectivity index (χ0) is 15.2. The number of anilines is 1. The van der Waals surface area contributed by atoms with Crippen molar-refractivity contribution in [2.75, 3.05) is 23.4 Å². The summed E-state index contributed by atoms with van der Waals surface area (Å²) in [5, 5.41) is 14.6. The number of para-hydroxylation sites is 1. The van der Waals surface area contributed by atoms with Crippen LogP contribution in [0.15, 0.2) is 22.7 Å². The molecule has 1 aliphatic rings. The molecule has 7 heteroatoms.